The summed E-state index contributed by atoms with van der Waals surface area (Å²) in [6.45, 7) is 7.47. The Hall–Kier alpha value is -3.11. The average molecular weight is 462 g/mol. The zero-order chi connectivity index (χ0) is 23.0. The van der Waals surface area contributed by atoms with E-state index in [4.69, 9.17) is 16.3 Å². The SMILES string of the molecule is C=CCC1C(c2cccc(Cl)c2)N(CC2(C)Cn3cc([N+](=O)[O-])nc3O2)CCN1C(=O)O. The molecule has 1 amide bonds. The maximum atomic E-state index is 12.0. The van der Waals surface area contributed by atoms with Crippen LogP contribution in [0.5, 0.6) is 6.01 Å². The van der Waals surface area contributed by atoms with Crippen LogP contribution in [0.2, 0.25) is 5.02 Å². The van der Waals surface area contributed by atoms with Crippen molar-refractivity contribution in [1.29, 1.82) is 0 Å². The lowest BCUT2D eigenvalue weighted by atomic mass is 9.90. The zero-order valence-corrected chi connectivity index (χ0v) is 18.3. The van der Waals surface area contributed by atoms with Crippen LogP contribution in [-0.4, -0.2) is 66.8 Å². The van der Waals surface area contributed by atoms with Gasteiger partial charge in [0.1, 0.15) is 11.8 Å². The number of hydrogen-bond acceptors (Lipinski definition) is 6. The molecular formula is C21H24ClN5O5. The quantitative estimate of drug-likeness (QED) is 0.397. The highest BCUT2D eigenvalue weighted by atomic mass is 35.5. The average Bonchev–Trinajstić information content (AvgIpc) is 3.23. The molecule has 1 aromatic carbocycles. The third-order valence-electron chi connectivity index (χ3n) is 5.92. The minimum absolute atomic E-state index is 0.213. The summed E-state index contributed by atoms with van der Waals surface area (Å²) in [6, 6.07) is 7.03. The van der Waals surface area contributed by atoms with Gasteiger partial charge < -0.3 is 24.9 Å². The van der Waals surface area contributed by atoms with Gasteiger partial charge in [0, 0.05) is 29.6 Å². The summed E-state index contributed by atoms with van der Waals surface area (Å²) in [6.07, 6.45) is 2.60. The third-order valence-corrected chi connectivity index (χ3v) is 6.16. The number of fused-ring (bicyclic) bond motifs is 1. The van der Waals surface area contributed by atoms with Crippen molar-refractivity contribution in [3.63, 3.8) is 0 Å². The van der Waals surface area contributed by atoms with E-state index in [0.29, 0.717) is 37.6 Å². The molecule has 0 saturated carbocycles. The fourth-order valence-electron chi connectivity index (χ4n) is 4.71. The second-order valence-corrected chi connectivity index (χ2v) is 8.79. The first-order chi connectivity index (χ1) is 15.2. The Kier molecular flexibility index (Phi) is 5.83. The summed E-state index contributed by atoms with van der Waals surface area (Å²) in [5, 5.41) is 21.4. The summed E-state index contributed by atoms with van der Waals surface area (Å²) in [5.74, 6) is -0.250. The molecule has 1 saturated heterocycles. The number of rotatable bonds is 6. The van der Waals surface area contributed by atoms with Gasteiger partial charge >= 0.3 is 17.9 Å². The Morgan fingerprint density at radius 3 is 2.91 bits per heavy atom. The van der Waals surface area contributed by atoms with Gasteiger partial charge in [0.15, 0.2) is 0 Å². The predicted octanol–water partition coefficient (Wildman–Crippen LogP) is 3.58. The van der Waals surface area contributed by atoms with E-state index >= 15 is 0 Å². The topological polar surface area (TPSA) is 114 Å². The number of ether oxygens (including phenoxy) is 1. The van der Waals surface area contributed by atoms with E-state index in [2.05, 4.69) is 16.5 Å². The molecule has 3 unspecified atom stereocenters. The van der Waals surface area contributed by atoms with Crippen molar-refractivity contribution < 1.29 is 19.6 Å². The highest BCUT2D eigenvalue weighted by molar-refractivity contribution is 6.30. The van der Waals surface area contributed by atoms with E-state index in [1.54, 1.807) is 16.7 Å². The van der Waals surface area contributed by atoms with Gasteiger partial charge in [0.25, 0.3) is 0 Å². The van der Waals surface area contributed by atoms with Crippen LogP contribution < -0.4 is 4.74 Å². The van der Waals surface area contributed by atoms with Crippen molar-refractivity contribution in [3.8, 4) is 6.01 Å². The maximum Gasteiger partial charge on any atom is 0.415 e. The Balaban J connectivity index is 1.63. The molecule has 1 aromatic heterocycles. The molecule has 170 valence electrons. The van der Waals surface area contributed by atoms with Crippen molar-refractivity contribution >= 4 is 23.5 Å². The highest BCUT2D eigenvalue weighted by Crippen LogP contribution is 2.38. The van der Waals surface area contributed by atoms with Crippen molar-refractivity contribution in [2.24, 2.45) is 0 Å². The summed E-state index contributed by atoms with van der Waals surface area (Å²) in [4.78, 5) is 30.0. The van der Waals surface area contributed by atoms with Crippen LogP contribution in [0, 0.1) is 10.1 Å². The molecule has 3 heterocycles. The number of aromatic nitrogens is 2. The number of carbonyl (C=O) groups is 1. The number of amides is 1. The van der Waals surface area contributed by atoms with Gasteiger partial charge in [0.05, 0.1) is 18.6 Å². The van der Waals surface area contributed by atoms with Crippen LogP contribution in [0.25, 0.3) is 0 Å². The molecule has 32 heavy (non-hydrogen) atoms. The van der Waals surface area contributed by atoms with E-state index in [1.807, 2.05) is 25.1 Å². The first-order valence-electron chi connectivity index (χ1n) is 10.2. The molecule has 1 fully saturated rings. The number of carboxylic acid groups (broad SMARTS) is 1. The standard InChI is InChI=1S/C21H24ClN5O5/c1-3-5-16-18(14-6-4-7-15(22)10-14)24(8-9-26(16)20(28)29)12-21(2)13-25-11-17(27(30)31)23-19(25)32-21/h3-4,6-7,10-11,16,18H,1,5,8-9,12-13H2,2H3,(H,28,29). The lowest BCUT2D eigenvalue weighted by molar-refractivity contribution is -0.389. The molecule has 0 aliphatic carbocycles. The van der Waals surface area contributed by atoms with Crippen LogP contribution in [0.1, 0.15) is 24.9 Å². The number of halogens is 1. The molecule has 10 nitrogen and oxygen atoms in total. The normalized spacial score (nSPS) is 25.2. The Morgan fingerprint density at radius 1 is 1.50 bits per heavy atom. The van der Waals surface area contributed by atoms with Gasteiger partial charge in [-0.1, -0.05) is 29.8 Å². The van der Waals surface area contributed by atoms with E-state index in [9.17, 15) is 20.0 Å². The van der Waals surface area contributed by atoms with Crippen molar-refractivity contribution in [2.45, 2.75) is 37.6 Å². The lowest BCUT2D eigenvalue weighted by Crippen LogP contribution is -2.59. The minimum Gasteiger partial charge on any atom is -0.465 e. The van der Waals surface area contributed by atoms with E-state index in [1.165, 1.54) is 11.1 Å². The highest BCUT2D eigenvalue weighted by Gasteiger charge is 2.46. The molecule has 2 aromatic rings. The van der Waals surface area contributed by atoms with Crippen LogP contribution in [0.3, 0.4) is 0 Å². The Labute approximate surface area is 189 Å². The van der Waals surface area contributed by atoms with Gasteiger partial charge in [-0.2, -0.15) is 0 Å². The van der Waals surface area contributed by atoms with Crippen molar-refractivity contribution in [1.82, 2.24) is 19.4 Å². The second-order valence-electron chi connectivity index (χ2n) is 8.36. The van der Waals surface area contributed by atoms with Crippen LogP contribution in [0.15, 0.2) is 43.1 Å². The molecule has 2 aliphatic heterocycles. The van der Waals surface area contributed by atoms with Crippen LogP contribution in [0.4, 0.5) is 10.6 Å². The second kappa shape index (κ2) is 8.44. The molecule has 0 radical (unpaired) electrons. The lowest BCUT2D eigenvalue weighted by Gasteiger charge is -2.48. The maximum absolute atomic E-state index is 12.0. The smallest absolute Gasteiger partial charge is 0.415 e. The third kappa shape index (κ3) is 4.15. The number of piperazine rings is 1. The summed E-state index contributed by atoms with van der Waals surface area (Å²) in [7, 11) is 0. The molecule has 11 heteroatoms. The fraction of sp³-hybridized carbons (Fsp3) is 0.429. The van der Waals surface area contributed by atoms with E-state index in [0.717, 1.165) is 5.56 Å². The molecule has 1 N–H and O–H groups in total. The molecule has 3 atom stereocenters. The molecule has 0 spiro atoms. The predicted molar refractivity (Wildman–Crippen MR) is 117 cm³/mol. The monoisotopic (exact) mass is 461 g/mol. The van der Waals surface area contributed by atoms with E-state index < -0.39 is 16.6 Å². The zero-order valence-electron chi connectivity index (χ0n) is 17.6. The Morgan fingerprint density at radius 2 is 2.28 bits per heavy atom. The molecular weight excluding hydrogens is 438 g/mol. The number of benzene rings is 1. The molecule has 0 bridgehead atoms. The Bertz CT molecular complexity index is 1030. The summed E-state index contributed by atoms with van der Waals surface area (Å²) < 4.78 is 7.68. The van der Waals surface area contributed by atoms with Crippen molar-refractivity contribution in [3.05, 3.63) is 63.8 Å². The largest absolute Gasteiger partial charge is 0.465 e. The van der Waals surface area contributed by atoms with Gasteiger partial charge in [-0.15, -0.1) is 6.58 Å². The summed E-state index contributed by atoms with van der Waals surface area (Å²) >= 11 is 6.26. The van der Waals surface area contributed by atoms with Gasteiger partial charge in [0.2, 0.25) is 0 Å². The van der Waals surface area contributed by atoms with Gasteiger partial charge in [-0.25, -0.2) is 4.79 Å². The summed E-state index contributed by atoms with van der Waals surface area (Å²) in [5.41, 5.74) is 0.226. The number of imidazole rings is 1. The number of nitrogens with zero attached hydrogens (tertiary/aromatic N) is 5. The molecule has 2 aliphatic rings. The van der Waals surface area contributed by atoms with Crippen molar-refractivity contribution in [2.75, 3.05) is 19.6 Å². The van der Waals surface area contributed by atoms with E-state index in [-0.39, 0.29) is 23.9 Å². The van der Waals surface area contributed by atoms with Crippen LogP contribution in [-0.2, 0) is 6.54 Å². The first-order valence-corrected chi connectivity index (χ1v) is 10.6. The molecule has 4 rings (SSSR count). The minimum atomic E-state index is -0.973. The van der Waals surface area contributed by atoms with Gasteiger partial charge in [-0.05, 0) is 36.0 Å². The fourth-order valence-corrected chi connectivity index (χ4v) is 4.91. The number of hydrogen-bond donors (Lipinski definition) is 1. The van der Waals surface area contributed by atoms with Crippen LogP contribution >= 0.6 is 11.6 Å². The number of nitro groups is 1. The van der Waals surface area contributed by atoms with Gasteiger partial charge in [-0.3, -0.25) is 9.47 Å². The first kappa shape index (κ1) is 22.1.